The first kappa shape index (κ1) is 14.2. The molecule has 2 aliphatic rings. The molecule has 8 heteroatoms. The molecule has 1 heterocycles. The van der Waals surface area contributed by atoms with E-state index in [1.54, 1.807) is 0 Å². The lowest BCUT2D eigenvalue weighted by atomic mass is 10.2. The van der Waals surface area contributed by atoms with Crippen LogP contribution in [0.5, 0.6) is 0 Å². The molecular weight excluding hydrogens is 309 g/mol. The fourth-order valence-electron chi connectivity index (χ4n) is 2.37. The van der Waals surface area contributed by atoms with Crippen LogP contribution in [-0.2, 0) is 14.5 Å². The molecule has 0 radical (unpaired) electrons. The van der Waals surface area contributed by atoms with E-state index in [4.69, 9.17) is 39.0 Å². The van der Waals surface area contributed by atoms with E-state index in [1.165, 1.54) is 10.7 Å². The third kappa shape index (κ3) is 3.61. The Morgan fingerprint density at radius 1 is 1.12 bits per heavy atom. The highest BCUT2D eigenvalue weighted by Crippen LogP contribution is 2.42. The van der Waals surface area contributed by atoms with Crippen molar-refractivity contribution in [3.63, 3.8) is 0 Å². The molecule has 100 valence electrons. The van der Waals surface area contributed by atoms with Gasteiger partial charge in [-0.25, -0.2) is 0 Å². The molecule has 2 fully saturated rings. The fraction of sp³-hybridized carbons (Fsp3) is 1.00. The maximum atomic E-state index is 11.8. The molecule has 1 aliphatic carbocycles. The molecule has 0 aromatic carbocycles. The zero-order chi connectivity index (χ0) is 12.7. The lowest BCUT2D eigenvalue weighted by Crippen LogP contribution is -2.24. The minimum atomic E-state index is -3.74. The van der Waals surface area contributed by atoms with Crippen LogP contribution in [0.25, 0.3) is 0 Å². The first-order valence-corrected chi connectivity index (χ1v) is 8.06. The van der Waals surface area contributed by atoms with E-state index in [2.05, 4.69) is 0 Å². The highest BCUT2D eigenvalue weighted by molar-refractivity contribution is 7.84. The van der Waals surface area contributed by atoms with Crippen molar-refractivity contribution in [1.82, 2.24) is 4.31 Å². The molecule has 17 heavy (non-hydrogen) atoms. The van der Waals surface area contributed by atoms with Gasteiger partial charge < -0.3 is 0 Å². The van der Waals surface area contributed by atoms with Gasteiger partial charge in [0, 0.05) is 12.1 Å². The number of fused-ring (bicyclic) bond motifs is 1. The first-order valence-electron chi connectivity index (χ1n) is 5.56. The largest absolute Gasteiger partial charge is 0.339 e. The first-order chi connectivity index (χ1) is 7.81. The summed E-state index contributed by atoms with van der Waals surface area (Å²) >= 11 is 16.4. The number of hydrogen-bond acceptors (Lipinski definition) is 3. The van der Waals surface area contributed by atoms with Crippen molar-refractivity contribution in [3.05, 3.63) is 0 Å². The van der Waals surface area contributed by atoms with Crippen molar-refractivity contribution in [3.8, 4) is 0 Å². The summed E-state index contributed by atoms with van der Waals surface area (Å²) < 4.78 is 28.1. The van der Waals surface area contributed by atoms with Gasteiger partial charge in [0.1, 0.15) is 6.61 Å². The van der Waals surface area contributed by atoms with Crippen LogP contribution in [-0.4, -0.2) is 35.2 Å². The molecule has 4 nitrogen and oxygen atoms in total. The SMILES string of the molecule is O=S(=O)(OCC(Cl)(Cl)Cl)N1C2CCCCCC21. The van der Waals surface area contributed by atoms with Crippen LogP contribution in [0.1, 0.15) is 32.1 Å². The van der Waals surface area contributed by atoms with Crippen molar-refractivity contribution in [2.45, 2.75) is 48.0 Å². The highest BCUT2D eigenvalue weighted by atomic mass is 35.6. The normalized spacial score (nSPS) is 33.9. The summed E-state index contributed by atoms with van der Waals surface area (Å²) in [5.74, 6) is 0. The van der Waals surface area contributed by atoms with E-state index >= 15 is 0 Å². The van der Waals surface area contributed by atoms with Crippen LogP contribution >= 0.6 is 34.8 Å². The fourth-order valence-corrected chi connectivity index (χ4v) is 4.27. The number of halogens is 3. The van der Waals surface area contributed by atoms with Crippen LogP contribution in [0, 0.1) is 0 Å². The number of nitrogens with zero attached hydrogens (tertiary/aromatic N) is 1. The Kier molecular flexibility index (Phi) is 4.18. The maximum Gasteiger partial charge on any atom is 0.339 e. The Balaban J connectivity index is 1.94. The summed E-state index contributed by atoms with van der Waals surface area (Å²) in [6.45, 7) is -0.448. The average molecular weight is 323 g/mol. The lowest BCUT2D eigenvalue weighted by Gasteiger charge is -2.13. The second-order valence-corrected chi connectivity index (χ2v) is 8.47. The van der Waals surface area contributed by atoms with Gasteiger partial charge in [0.25, 0.3) is 0 Å². The second kappa shape index (κ2) is 5.02. The molecule has 0 aromatic rings. The van der Waals surface area contributed by atoms with E-state index in [1.807, 2.05) is 0 Å². The van der Waals surface area contributed by atoms with Crippen LogP contribution in [0.2, 0.25) is 0 Å². The number of alkyl halides is 3. The van der Waals surface area contributed by atoms with Crippen molar-refractivity contribution >= 4 is 45.1 Å². The Labute approximate surface area is 116 Å². The van der Waals surface area contributed by atoms with Gasteiger partial charge in [0.05, 0.1) is 0 Å². The Morgan fingerprint density at radius 2 is 1.65 bits per heavy atom. The van der Waals surface area contributed by atoms with Gasteiger partial charge >= 0.3 is 10.3 Å². The average Bonchev–Trinajstić information content (AvgIpc) is 2.87. The van der Waals surface area contributed by atoms with Crippen molar-refractivity contribution in [2.24, 2.45) is 0 Å². The van der Waals surface area contributed by atoms with Gasteiger partial charge in [-0.05, 0) is 12.8 Å². The van der Waals surface area contributed by atoms with Gasteiger partial charge in [-0.1, -0.05) is 54.1 Å². The molecule has 2 atom stereocenters. The molecule has 0 bridgehead atoms. The van der Waals surface area contributed by atoms with Crippen LogP contribution in [0.3, 0.4) is 0 Å². The lowest BCUT2D eigenvalue weighted by molar-refractivity contribution is 0.300. The summed E-state index contributed by atoms with van der Waals surface area (Å²) in [6.07, 6.45) is 5.12. The maximum absolute atomic E-state index is 11.8. The minimum absolute atomic E-state index is 0.0953. The Hall–Kier alpha value is 0.740. The van der Waals surface area contributed by atoms with E-state index in [9.17, 15) is 8.42 Å². The van der Waals surface area contributed by atoms with Crippen molar-refractivity contribution in [1.29, 1.82) is 0 Å². The van der Waals surface area contributed by atoms with Gasteiger partial charge in [-0.2, -0.15) is 12.7 Å². The molecule has 2 rings (SSSR count). The molecule has 0 aromatic heterocycles. The molecule has 0 amide bonds. The highest BCUT2D eigenvalue weighted by Gasteiger charge is 2.55. The predicted molar refractivity (Wildman–Crippen MR) is 67.7 cm³/mol. The third-order valence-corrected chi connectivity index (χ3v) is 4.94. The molecule has 0 spiro atoms. The molecule has 1 saturated carbocycles. The summed E-state index contributed by atoms with van der Waals surface area (Å²) in [7, 11) is -3.74. The van der Waals surface area contributed by atoms with Crippen molar-refractivity contribution < 1.29 is 12.6 Å². The van der Waals surface area contributed by atoms with Gasteiger partial charge in [-0.3, -0.25) is 4.18 Å². The van der Waals surface area contributed by atoms with E-state index < -0.39 is 20.7 Å². The van der Waals surface area contributed by atoms with Crippen molar-refractivity contribution in [2.75, 3.05) is 6.61 Å². The van der Waals surface area contributed by atoms with Crippen LogP contribution < -0.4 is 0 Å². The van der Waals surface area contributed by atoms with Gasteiger partial charge in [0.2, 0.25) is 3.79 Å². The van der Waals surface area contributed by atoms with Gasteiger partial charge in [-0.15, -0.1) is 0 Å². The molecule has 2 unspecified atom stereocenters. The summed E-state index contributed by atoms with van der Waals surface area (Å²) in [5.41, 5.74) is 0. The topological polar surface area (TPSA) is 46.4 Å². The summed E-state index contributed by atoms with van der Waals surface area (Å²) in [6, 6.07) is 0.191. The molecule has 1 saturated heterocycles. The quantitative estimate of drug-likeness (QED) is 0.593. The van der Waals surface area contributed by atoms with E-state index in [0.717, 1.165) is 25.7 Å². The Morgan fingerprint density at radius 3 is 2.12 bits per heavy atom. The number of rotatable bonds is 3. The summed E-state index contributed by atoms with van der Waals surface area (Å²) in [5, 5.41) is 0. The predicted octanol–water partition coefficient (Wildman–Crippen LogP) is 2.63. The molecular formula is C9H14Cl3NO3S. The monoisotopic (exact) mass is 321 g/mol. The third-order valence-electron chi connectivity index (χ3n) is 3.14. The zero-order valence-electron chi connectivity index (χ0n) is 9.11. The van der Waals surface area contributed by atoms with Crippen LogP contribution in [0.4, 0.5) is 0 Å². The second-order valence-electron chi connectivity index (χ2n) is 4.44. The Bertz CT molecular complexity index is 369. The number of hydrogen-bond donors (Lipinski definition) is 0. The standard InChI is InChI=1S/C9H14Cl3NO3S/c10-9(11,12)6-16-17(14,15)13-7-4-2-1-3-5-8(7)13/h7-8H,1-6H2. The van der Waals surface area contributed by atoms with Gasteiger partial charge in [0.15, 0.2) is 0 Å². The van der Waals surface area contributed by atoms with E-state index in [0.29, 0.717) is 0 Å². The summed E-state index contributed by atoms with van der Waals surface area (Å²) in [4.78, 5) is 0. The van der Waals surface area contributed by atoms with Crippen LogP contribution in [0.15, 0.2) is 0 Å². The zero-order valence-corrected chi connectivity index (χ0v) is 12.2. The molecule has 1 aliphatic heterocycles. The minimum Gasteiger partial charge on any atom is -0.253 e. The molecule has 0 N–H and O–H groups in total. The van der Waals surface area contributed by atoms with E-state index in [-0.39, 0.29) is 12.1 Å². The smallest absolute Gasteiger partial charge is 0.253 e.